The van der Waals surface area contributed by atoms with Gasteiger partial charge in [-0.05, 0) is 50.2 Å². The molecule has 100 valence electrons. The normalized spacial score (nSPS) is 25.7. The van der Waals surface area contributed by atoms with Gasteiger partial charge in [0, 0.05) is 24.2 Å². The first-order valence-electron chi connectivity index (χ1n) is 6.87. The molecule has 0 bridgehead atoms. The molecule has 0 aliphatic heterocycles. The largest absolute Gasteiger partial charge is 0.360 e. The van der Waals surface area contributed by atoms with Gasteiger partial charge in [0.25, 0.3) is 0 Å². The van der Waals surface area contributed by atoms with E-state index >= 15 is 0 Å². The van der Waals surface area contributed by atoms with Gasteiger partial charge in [0.05, 0.1) is 5.54 Å². The highest BCUT2D eigenvalue weighted by Gasteiger charge is 2.43. The van der Waals surface area contributed by atoms with Crippen molar-refractivity contribution in [3.05, 3.63) is 23.0 Å². The van der Waals surface area contributed by atoms with Gasteiger partial charge in [0.1, 0.15) is 0 Å². The zero-order valence-electron chi connectivity index (χ0n) is 10.6. The second-order valence-corrected chi connectivity index (χ2v) is 5.91. The van der Waals surface area contributed by atoms with Crippen molar-refractivity contribution in [2.75, 3.05) is 0 Å². The number of rotatable bonds is 1. The third kappa shape index (κ3) is 2.07. The highest BCUT2D eigenvalue weighted by Crippen LogP contribution is 2.42. The summed E-state index contributed by atoms with van der Waals surface area (Å²) in [6, 6.07) is 2.12. The van der Waals surface area contributed by atoms with Gasteiger partial charge >= 0.3 is 0 Å². The van der Waals surface area contributed by atoms with Crippen LogP contribution in [0, 0.1) is 0 Å². The SMILES string of the molecule is NC1(c2cc3c([nH]2)CCCC3)CCC(F)(F)CC1. The van der Waals surface area contributed by atoms with Gasteiger partial charge in [-0.3, -0.25) is 0 Å². The Morgan fingerprint density at radius 1 is 1.06 bits per heavy atom. The number of nitrogens with two attached hydrogens (primary N) is 1. The van der Waals surface area contributed by atoms with E-state index in [2.05, 4.69) is 11.1 Å². The third-order valence-electron chi connectivity index (χ3n) is 4.52. The summed E-state index contributed by atoms with van der Waals surface area (Å²) in [5.74, 6) is -2.52. The molecule has 0 aromatic carbocycles. The van der Waals surface area contributed by atoms with Crippen LogP contribution < -0.4 is 5.73 Å². The fourth-order valence-corrected chi connectivity index (χ4v) is 3.20. The first kappa shape index (κ1) is 12.2. The molecule has 0 radical (unpaired) electrons. The van der Waals surface area contributed by atoms with E-state index in [1.165, 1.54) is 24.1 Å². The van der Waals surface area contributed by atoms with Crippen LogP contribution in [-0.4, -0.2) is 10.9 Å². The van der Waals surface area contributed by atoms with E-state index in [9.17, 15) is 8.78 Å². The molecule has 0 saturated heterocycles. The molecular weight excluding hydrogens is 234 g/mol. The Labute approximate surface area is 106 Å². The predicted molar refractivity (Wildman–Crippen MR) is 66.7 cm³/mol. The van der Waals surface area contributed by atoms with Crippen LogP contribution in [0.5, 0.6) is 0 Å². The summed E-state index contributed by atoms with van der Waals surface area (Å²) < 4.78 is 26.4. The first-order valence-corrected chi connectivity index (χ1v) is 6.87. The van der Waals surface area contributed by atoms with Crippen LogP contribution in [0.3, 0.4) is 0 Å². The number of aryl methyl sites for hydroxylation is 2. The third-order valence-corrected chi connectivity index (χ3v) is 4.52. The summed E-state index contributed by atoms with van der Waals surface area (Å²) in [7, 11) is 0. The van der Waals surface area contributed by atoms with Crippen LogP contribution in [0.4, 0.5) is 8.78 Å². The summed E-state index contributed by atoms with van der Waals surface area (Å²) in [6.45, 7) is 0. The highest BCUT2D eigenvalue weighted by atomic mass is 19.3. The Balaban J connectivity index is 1.84. The average Bonchev–Trinajstić information content (AvgIpc) is 2.78. The molecule has 1 aromatic rings. The van der Waals surface area contributed by atoms with Crippen LogP contribution in [0.15, 0.2) is 6.07 Å². The van der Waals surface area contributed by atoms with Crippen LogP contribution in [0.1, 0.15) is 55.5 Å². The van der Waals surface area contributed by atoms with Crippen molar-refractivity contribution in [3.63, 3.8) is 0 Å². The van der Waals surface area contributed by atoms with E-state index in [-0.39, 0.29) is 12.8 Å². The number of nitrogens with one attached hydrogen (secondary N) is 1. The van der Waals surface area contributed by atoms with Crippen LogP contribution in [0.2, 0.25) is 0 Å². The van der Waals surface area contributed by atoms with Crippen LogP contribution in [-0.2, 0) is 18.4 Å². The first-order chi connectivity index (χ1) is 8.49. The second-order valence-electron chi connectivity index (χ2n) is 5.91. The van der Waals surface area contributed by atoms with Crippen LogP contribution >= 0.6 is 0 Å². The molecule has 18 heavy (non-hydrogen) atoms. The highest BCUT2D eigenvalue weighted by molar-refractivity contribution is 5.32. The minimum atomic E-state index is -2.52. The molecule has 2 aliphatic carbocycles. The molecule has 0 unspecified atom stereocenters. The quantitative estimate of drug-likeness (QED) is 0.793. The summed E-state index contributed by atoms with van der Waals surface area (Å²) in [5, 5.41) is 0. The van der Waals surface area contributed by atoms with Crippen LogP contribution in [0.25, 0.3) is 0 Å². The van der Waals surface area contributed by atoms with Crippen molar-refractivity contribution in [1.29, 1.82) is 0 Å². The molecule has 1 fully saturated rings. The fourth-order valence-electron chi connectivity index (χ4n) is 3.20. The van der Waals surface area contributed by atoms with E-state index in [4.69, 9.17) is 5.73 Å². The maximum Gasteiger partial charge on any atom is 0.248 e. The van der Waals surface area contributed by atoms with E-state index in [1.54, 1.807) is 0 Å². The monoisotopic (exact) mass is 254 g/mol. The van der Waals surface area contributed by atoms with Gasteiger partial charge in [-0.2, -0.15) is 0 Å². The molecule has 0 amide bonds. The maximum absolute atomic E-state index is 13.2. The second kappa shape index (κ2) is 4.05. The lowest BCUT2D eigenvalue weighted by molar-refractivity contribution is -0.0518. The fraction of sp³-hybridized carbons (Fsp3) is 0.714. The molecule has 4 heteroatoms. The van der Waals surface area contributed by atoms with Gasteiger partial charge in [-0.1, -0.05) is 0 Å². The number of hydrogen-bond donors (Lipinski definition) is 2. The van der Waals surface area contributed by atoms with Crippen molar-refractivity contribution < 1.29 is 8.78 Å². The summed E-state index contributed by atoms with van der Waals surface area (Å²) in [6.07, 6.45) is 5.17. The molecule has 1 heterocycles. The minimum absolute atomic E-state index is 0.0901. The molecule has 1 saturated carbocycles. The summed E-state index contributed by atoms with van der Waals surface area (Å²) in [4.78, 5) is 3.40. The van der Waals surface area contributed by atoms with Gasteiger partial charge in [-0.15, -0.1) is 0 Å². The molecule has 2 nitrogen and oxygen atoms in total. The molecule has 1 aromatic heterocycles. The molecule has 3 N–H and O–H groups in total. The van der Waals surface area contributed by atoms with Gasteiger partial charge in [0.15, 0.2) is 0 Å². The maximum atomic E-state index is 13.2. The smallest absolute Gasteiger partial charge is 0.248 e. The van der Waals surface area contributed by atoms with Crippen molar-refractivity contribution in [2.24, 2.45) is 5.73 Å². The van der Waals surface area contributed by atoms with Crippen molar-refractivity contribution in [2.45, 2.75) is 62.8 Å². The Morgan fingerprint density at radius 3 is 2.39 bits per heavy atom. The zero-order chi connectivity index (χ0) is 12.8. The van der Waals surface area contributed by atoms with Crippen molar-refractivity contribution in [3.8, 4) is 0 Å². The predicted octanol–water partition coefficient (Wildman–Crippen LogP) is 3.26. The molecular formula is C14H20F2N2. The summed E-state index contributed by atoms with van der Waals surface area (Å²) >= 11 is 0. The average molecular weight is 254 g/mol. The van der Waals surface area contributed by atoms with Crippen molar-refractivity contribution >= 4 is 0 Å². The molecule has 3 rings (SSSR count). The van der Waals surface area contributed by atoms with E-state index < -0.39 is 11.5 Å². The Bertz CT molecular complexity index is 417. The number of aromatic amines is 1. The van der Waals surface area contributed by atoms with E-state index in [0.29, 0.717) is 12.8 Å². The van der Waals surface area contributed by atoms with Gasteiger partial charge in [-0.25, -0.2) is 8.78 Å². The number of alkyl halides is 2. The number of hydrogen-bond acceptors (Lipinski definition) is 1. The van der Waals surface area contributed by atoms with E-state index in [1.807, 2.05) is 0 Å². The van der Waals surface area contributed by atoms with E-state index in [0.717, 1.165) is 18.5 Å². The topological polar surface area (TPSA) is 41.8 Å². The summed E-state index contributed by atoms with van der Waals surface area (Å²) in [5.41, 5.74) is 9.38. The Hall–Kier alpha value is -0.900. The number of aromatic nitrogens is 1. The lowest BCUT2D eigenvalue weighted by Gasteiger charge is -2.36. The lowest BCUT2D eigenvalue weighted by Crippen LogP contribution is -2.43. The van der Waals surface area contributed by atoms with Gasteiger partial charge in [0.2, 0.25) is 5.92 Å². The Morgan fingerprint density at radius 2 is 1.72 bits per heavy atom. The standard InChI is InChI=1S/C14H20F2N2/c15-14(16)7-5-13(17,6-8-14)12-9-10-3-1-2-4-11(10)18-12/h9,18H,1-8,17H2. The zero-order valence-corrected chi connectivity index (χ0v) is 10.6. The Kier molecular flexibility index (Phi) is 2.73. The molecule has 2 aliphatic rings. The molecule has 0 atom stereocenters. The number of H-pyrrole nitrogens is 1. The molecule has 0 spiro atoms. The lowest BCUT2D eigenvalue weighted by atomic mass is 9.78. The number of halogens is 2. The van der Waals surface area contributed by atoms with Crippen molar-refractivity contribution in [1.82, 2.24) is 4.98 Å². The number of fused-ring (bicyclic) bond motifs is 1. The minimum Gasteiger partial charge on any atom is -0.360 e. The van der Waals surface area contributed by atoms with Gasteiger partial charge < -0.3 is 10.7 Å².